The maximum Gasteiger partial charge on any atom is 0.267 e. The highest BCUT2D eigenvalue weighted by Crippen LogP contribution is 2.17. The van der Waals surface area contributed by atoms with Gasteiger partial charge in [-0.15, -0.1) is 0 Å². The standard InChI is InChI=1S/C18H25N3O/c1-5-6-11-21(4)13-16(12-19)18(22)20-17-9-7-15(8-10-17)14(2)3/h7-10,13-14H,5-6,11H2,1-4H3,(H,20,22)/b16-13-. The van der Waals surface area contributed by atoms with Crippen molar-refractivity contribution in [3.05, 3.63) is 41.6 Å². The van der Waals surface area contributed by atoms with Crippen LogP contribution < -0.4 is 5.32 Å². The van der Waals surface area contributed by atoms with Gasteiger partial charge in [0.1, 0.15) is 11.6 Å². The molecule has 0 atom stereocenters. The molecule has 0 bridgehead atoms. The van der Waals surface area contributed by atoms with Crippen LogP contribution in [0, 0.1) is 11.3 Å². The van der Waals surface area contributed by atoms with Crippen LogP contribution in [0.4, 0.5) is 5.69 Å². The summed E-state index contributed by atoms with van der Waals surface area (Å²) in [5, 5.41) is 11.9. The maximum atomic E-state index is 12.1. The topological polar surface area (TPSA) is 56.1 Å². The number of nitrogens with one attached hydrogen (secondary N) is 1. The van der Waals surface area contributed by atoms with Crippen molar-refractivity contribution in [3.8, 4) is 6.07 Å². The van der Waals surface area contributed by atoms with Gasteiger partial charge in [-0.25, -0.2) is 0 Å². The molecule has 1 rings (SSSR count). The van der Waals surface area contributed by atoms with Crippen LogP contribution in [0.5, 0.6) is 0 Å². The molecule has 0 aliphatic heterocycles. The molecule has 0 unspecified atom stereocenters. The predicted molar refractivity (Wildman–Crippen MR) is 90.4 cm³/mol. The van der Waals surface area contributed by atoms with Crippen LogP contribution in [-0.4, -0.2) is 24.4 Å². The van der Waals surface area contributed by atoms with Crippen molar-refractivity contribution >= 4 is 11.6 Å². The van der Waals surface area contributed by atoms with E-state index in [9.17, 15) is 4.79 Å². The van der Waals surface area contributed by atoms with Gasteiger partial charge in [-0.3, -0.25) is 4.79 Å². The Morgan fingerprint density at radius 3 is 2.50 bits per heavy atom. The van der Waals surface area contributed by atoms with Gasteiger partial charge in [-0.2, -0.15) is 5.26 Å². The molecule has 0 fully saturated rings. The zero-order valence-electron chi connectivity index (χ0n) is 13.9. The second-order valence-electron chi connectivity index (χ2n) is 5.72. The highest BCUT2D eigenvalue weighted by atomic mass is 16.1. The second kappa shape index (κ2) is 8.89. The van der Waals surface area contributed by atoms with Crippen LogP contribution in [-0.2, 0) is 4.79 Å². The number of carbonyl (C=O) groups excluding carboxylic acids is 1. The molecule has 4 nitrogen and oxygen atoms in total. The number of unbranched alkanes of at least 4 members (excludes halogenated alkanes) is 1. The molecule has 0 radical (unpaired) electrons. The van der Waals surface area contributed by atoms with Gasteiger partial charge in [0.05, 0.1) is 0 Å². The molecule has 1 aromatic carbocycles. The zero-order valence-corrected chi connectivity index (χ0v) is 13.9. The van der Waals surface area contributed by atoms with Gasteiger partial charge in [-0.1, -0.05) is 39.3 Å². The molecule has 1 aromatic rings. The fourth-order valence-electron chi connectivity index (χ4n) is 1.98. The summed E-state index contributed by atoms with van der Waals surface area (Å²) in [6.45, 7) is 7.18. The van der Waals surface area contributed by atoms with Crippen molar-refractivity contribution in [2.24, 2.45) is 0 Å². The van der Waals surface area contributed by atoms with E-state index in [2.05, 4.69) is 26.1 Å². The Hall–Kier alpha value is -2.28. The first-order valence-corrected chi connectivity index (χ1v) is 7.71. The molecule has 4 heteroatoms. The van der Waals surface area contributed by atoms with Crippen LogP contribution in [0.15, 0.2) is 36.0 Å². The predicted octanol–water partition coefficient (Wildman–Crippen LogP) is 3.89. The summed E-state index contributed by atoms with van der Waals surface area (Å²) in [5.41, 5.74) is 2.03. The molecule has 0 spiro atoms. The lowest BCUT2D eigenvalue weighted by Gasteiger charge is -2.14. The highest BCUT2D eigenvalue weighted by molar-refractivity contribution is 6.06. The quantitative estimate of drug-likeness (QED) is 0.614. The molecular formula is C18H25N3O. The van der Waals surface area contributed by atoms with Crippen LogP contribution in [0.1, 0.15) is 45.1 Å². The minimum Gasteiger partial charge on any atom is -0.379 e. The minimum absolute atomic E-state index is 0.117. The third-order valence-corrected chi connectivity index (χ3v) is 3.41. The maximum absolute atomic E-state index is 12.1. The average Bonchev–Trinajstić information content (AvgIpc) is 2.50. The van der Waals surface area contributed by atoms with Gasteiger partial charge < -0.3 is 10.2 Å². The van der Waals surface area contributed by atoms with Crippen LogP contribution in [0.3, 0.4) is 0 Å². The Bertz CT molecular complexity index is 553. The van der Waals surface area contributed by atoms with Gasteiger partial charge in [0.25, 0.3) is 5.91 Å². The van der Waals surface area contributed by atoms with Crippen molar-refractivity contribution in [1.29, 1.82) is 5.26 Å². The largest absolute Gasteiger partial charge is 0.379 e. The van der Waals surface area contributed by atoms with Gasteiger partial charge in [0.15, 0.2) is 0 Å². The molecule has 0 saturated heterocycles. The lowest BCUT2D eigenvalue weighted by atomic mass is 10.0. The monoisotopic (exact) mass is 299 g/mol. The Morgan fingerprint density at radius 2 is 2.00 bits per heavy atom. The highest BCUT2D eigenvalue weighted by Gasteiger charge is 2.10. The van der Waals surface area contributed by atoms with Gasteiger partial charge in [-0.05, 0) is 30.0 Å². The summed E-state index contributed by atoms with van der Waals surface area (Å²) in [6, 6.07) is 9.67. The normalized spacial score (nSPS) is 11.2. The summed E-state index contributed by atoms with van der Waals surface area (Å²) in [5.74, 6) is 0.0784. The minimum atomic E-state index is -0.372. The van der Waals surface area contributed by atoms with Crippen molar-refractivity contribution in [2.45, 2.75) is 39.5 Å². The molecule has 118 valence electrons. The molecule has 0 heterocycles. The van der Waals surface area contributed by atoms with Crippen molar-refractivity contribution < 1.29 is 4.79 Å². The average molecular weight is 299 g/mol. The smallest absolute Gasteiger partial charge is 0.267 e. The van der Waals surface area contributed by atoms with E-state index >= 15 is 0 Å². The first kappa shape index (κ1) is 17.8. The molecule has 0 saturated carbocycles. The van der Waals surface area contributed by atoms with E-state index in [1.807, 2.05) is 42.3 Å². The summed E-state index contributed by atoms with van der Waals surface area (Å²) in [6.07, 6.45) is 3.71. The van der Waals surface area contributed by atoms with Crippen molar-refractivity contribution in [2.75, 3.05) is 18.9 Å². The van der Waals surface area contributed by atoms with Crippen molar-refractivity contribution in [1.82, 2.24) is 4.90 Å². The van der Waals surface area contributed by atoms with Crippen LogP contribution in [0.2, 0.25) is 0 Å². The SMILES string of the molecule is CCCCN(C)/C=C(/C#N)C(=O)Nc1ccc(C(C)C)cc1. The summed E-state index contributed by atoms with van der Waals surface area (Å²) < 4.78 is 0. The number of hydrogen-bond acceptors (Lipinski definition) is 3. The molecule has 0 aromatic heterocycles. The first-order valence-electron chi connectivity index (χ1n) is 7.71. The number of amides is 1. The van der Waals surface area contributed by atoms with E-state index < -0.39 is 0 Å². The van der Waals surface area contributed by atoms with E-state index in [0.29, 0.717) is 11.6 Å². The summed E-state index contributed by atoms with van der Waals surface area (Å²) in [4.78, 5) is 14.0. The first-order chi connectivity index (χ1) is 10.5. The van der Waals surface area contributed by atoms with E-state index in [1.165, 1.54) is 5.56 Å². The molecule has 0 aliphatic carbocycles. The number of nitriles is 1. The van der Waals surface area contributed by atoms with E-state index in [0.717, 1.165) is 19.4 Å². The number of benzene rings is 1. The number of nitrogens with zero attached hydrogens (tertiary/aromatic N) is 2. The number of rotatable bonds is 7. The third kappa shape index (κ3) is 5.61. The number of carbonyl (C=O) groups is 1. The molecule has 1 N–H and O–H groups in total. The summed E-state index contributed by atoms with van der Waals surface area (Å²) >= 11 is 0. The van der Waals surface area contributed by atoms with Crippen molar-refractivity contribution in [3.63, 3.8) is 0 Å². The molecule has 1 amide bonds. The molecule has 22 heavy (non-hydrogen) atoms. The Balaban J connectivity index is 2.72. The molecular weight excluding hydrogens is 274 g/mol. The van der Waals surface area contributed by atoms with Crippen LogP contribution >= 0.6 is 0 Å². The lowest BCUT2D eigenvalue weighted by molar-refractivity contribution is -0.112. The lowest BCUT2D eigenvalue weighted by Crippen LogP contribution is -2.19. The Labute approximate surface area is 133 Å². The fraction of sp³-hybridized carbons (Fsp3) is 0.444. The number of anilines is 1. The van der Waals surface area contributed by atoms with E-state index in [1.54, 1.807) is 6.20 Å². The van der Waals surface area contributed by atoms with E-state index in [-0.39, 0.29) is 11.5 Å². The fourth-order valence-corrected chi connectivity index (χ4v) is 1.98. The molecule has 0 aliphatic rings. The van der Waals surface area contributed by atoms with Gasteiger partial charge in [0.2, 0.25) is 0 Å². The van der Waals surface area contributed by atoms with Gasteiger partial charge in [0, 0.05) is 25.5 Å². The van der Waals surface area contributed by atoms with Gasteiger partial charge >= 0.3 is 0 Å². The summed E-state index contributed by atoms with van der Waals surface area (Å²) in [7, 11) is 1.87. The van der Waals surface area contributed by atoms with E-state index in [4.69, 9.17) is 5.26 Å². The zero-order chi connectivity index (χ0) is 16.5. The third-order valence-electron chi connectivity index (χ3n) is 3.41. The Morgan fingerprint density at radius 1 is 1.36 bits per heavy atom. The Kier molecular flexibility index (Phi) is 7.18. The van der Waals surface area contributed by atoms with Crippen LogP contribution in [0.25, 0.3) is 0 Å². The second-order valence-corrected chi connectivity index (χ2v) is 5.72. The number of hydrogen-bond donors (Lipinski definition) is 1.